The van der Waals surface area contributed by atoms with E-state index in [1.165, 1.54) is 18.2 Å². The summed E-state index contributed by atoms with van der Waals surface area (Å²) in [6.45, 7) is 1.04. The molecule has 144 valence electrons. The number of carbonyl (C=O) groups excluding carboxylic acids is 1. The Balaban J connectivity index is 1.45. The summed E-state index contributed by atoms with van der Waals surface area (Å²) in [5, 5.41) is 14.7. The monoisotopic (exact) mass is 416 g/mol. The van der Waals surface area contributed by atoms with E-state index >= 15 is 0 Å². The number of benzene rings is 2. The van der Waals surface area contributed by atoms with E-state index in [-0.39, 0.29) is 29.2 Å². The first-order valence-corrected chi connectivity index (χ1v) is 10.0. The smallest absolute Gasteiger partial charge is 0.271 e. The number of carbonyl (C=O) groups is 1. The predicted molar refractivity (Wildman–Crippen MR) is 110 cm³/mol. The van der Waals surface area contributed by atoms with Gasteiger partial charge in [0.25, 0.3) is 5.69 Å². The number of halogens is 1. The highest BCUT2D eigenvalue weighted by atomic mass is 35.5. The van der Waals surface area contributed by atoms with Crippen LogP contribution in [0.4, 0.5) is 11.4 Å². The van der Waals surface area contributed by atoms with Crippen LogP contribution in [0.1, 0.15) is 23.9 Å². The molecule has 1 fully saturated rings. The number of nitro groups is 1. The molecule has 0 aliphatic carbocycles. The van der Waals surface area contributed by atoms with Crippen LogP contribution in [-0.4, -0.2) is 33.8 Å². The number of likely N-dealkylation sites (tertiary alicyclic amines) is 1. The minimum atomic E-state index is -0.523. The SMILES string of the molecule is O=C(CN1CCC[C@H]1c1nc2ccccc2s1)Nc1ccc([N+](=O)[O-])cc1Cl. The Labute approximate surface area is 170 Å². The zero-order valence-corrected chi connectivity index (χ0v) is 16.4. The lowest BCUT2D eigenvalue weighted by atomic mass is 10.2. The van der Waals surface area contributed by atoms with E-state index < -0.39 is 4.92 Å². The zero-order valence-electron chi connectivity index (χ0n) is 14.8. The second-order valence-corrected chi connectivity index (χ2v) is 8.09. The molecule has 2 heterocycles. The molecule has 0 unspecified atom stereocenters. The molecule has 4 rings (SSSR count). The number of aromatic nitrogens is 1. The Hall–Kier alpha value is -2.55. The highest BCUT2D eigenvalue weighted by molar-refractivity contribution is 7.18. The molecule has 1 amide bonds. The van der Waals surface area contributed by atoms with Gasteiger partial charge in [-0.05, 0) is 37.6 Å². The second kappa shape index (κ2) is 7.83. The number of nitrogens with zero attached hydrogens (tertiary/aromatic N) is 3. The summed E-state index contributed by atoms with van der Waals surface area (Å²) < 4.78 is 1.14. The molecule has 28 heavy (non-hydrogen) atoms. The fraction of sp³-hybridized carbons (Fsp3) is 0.263. The van der Waals surface area contributed by atoms with Gasteiger partial charge in [-0.1, -0.05) is 23.7 Å². The lowest BCUT2D eigenvalue weighted by Gasteiger charge is -2.22. The third-order valence-corrected chi connectivity index (χ3v) is 6.19. The Morgan fingerprint density at radius 2 is 2.18 bits per heavy atom. The average Bonchev–Trinajstić information content (AvgIpc) is 3.29. The number of anilines is 1. The molecule has 0 bridgehead atoms. The van der Waals surface area contributed by atoms with Gasteiger partial charge in [0.1, 0.15) is 5.01 Å². The fourth-order valence-electron chi connectivity index (χ4n) is 3.42. The van der Waals surface area contributed by atoms with Gasteiger partial charge in [0.2, 0.25) is 5.91 Å². The first-order valence-electron chi connectivity index (χ1n) is 8.84. The molecule has 0 saturated carbocycles. The number of rotatable bonds is 5. The van der Waals surface area contributed by atoms with Crippen LogP contribution < -0.4 is 5.32 Å². The van der Waals surface area contributed by atoms with Crippen LogP contribution in [0.25, 0.3) is 10.2 Å². The highest BCUT2D eigenvalue weighted by Crippen LogP contribution is 2.36. The summed E-state index contributed by atoms with van der Waals surface area (Å²) in [5.41, 5.74) is 1.24. The highest BCUT2D eigenvalue weighted by Gasteiger charge is 2.30. The van der Waals surface area contributed by atoms with E-state index in [0.29, 0.717) is 5.69 Å². The van der Waals surface area contributed by atoms with Gasteiger partial charge in [0, 0.05) is 12.1 Å². The van der Waals surface area contributed by atoms with Crippen LogP contribution in [0, 0.1) is 10.1 Å². The van der Waals surface area contributed by atoms with Crippen molar-refractivity contribution in [3.63, 3.8) is 0 Å². The number of nitro benzene ring substituents is 1. The van der Waals surface area contributed by atoms with Gasteiger partial charge in [-0.15, -0.1) is 11.3 Å². The summed E-state index contributed by atoms with van der Waals surface area (Å²) >= 11 is 7.73. The average molecular weight is 417 g/mol. The minimum Gasteiger partial charge on any atom is -0.324 e. The fourth-order valence-corrected chi connectivity index (χ4v) is 4.78. The Morgan fingerprint density at radius 3 is 2.93 bits per heavy atom. The van der Waals surface area contributed by atoms with Crippen LogP contribution >= 0.6 is 22.9 Å². The van der Waals surface area contributed by atoms with Crippen molar-refractivity contribution >= 4 is 50.4 Å². The van der Waals surface area contributed by atoms with Gasteiger partial charge in [0.05, 0.1) is 38.4 Å². The number of thiazole rings is 1. The van der Waals surface area contributed by atoms with Gasteiger partial charge in [-0.25, -0.2) is 4.98 Å². The van der Waals surface area contributed by atoms with E-state index in [1.807, 2.05) is 18.2 Å². The van der Waals surface area contributed by atoms with E-state index in [0.717, 1.165) is 34.6 Å². The molecule has 0 radical (unpaired) electrons. The molecule has 1 aromatic heterocycles. The molecule has 0 spiro atoms. The number of hydrogen-bond acceptors (Lipinski definition) is 6. The van der Waals surface area contributed by atoms with Crippen molar-refractivity contribution in [3.8, 4) is 0 Å². The van der Waals surface area contributed by atoms with Gasteiger partial charge in [-0.2, -0.15) is 0 Å². The molecule has 3 aromatic rings. The maximum atomic E-state index is 12.5. The lowest BCUT2D eigenvalue weighted by molar-refractivity contribution is -0.384. The standard InChI is InChI=1S/C19H17ClN4O3S/c20-13-10-12(24(26)27)7-8-14(13)21-18(25)11-23-9-3-5-16(23)19-22-15-4-1-2-6-17(15)28-19/h1-2,4,6-8,10,16H,3,5,9,11H2,(H,21,25)/t16-/m0/s1. The lowest BCUT2D eigenvalue weighted by Crippen LogP contribution is -2.33. The minimum absolute atomic E-state index is 0.113. The Morgan fingerprint density at radius 1 is 1.36 bits per heavy atom. The van der Waals surface area contributed by atoms with Crippen molar-refractivity contribution in [1.82, 2.24) is 9.88 Å². The molecule has 1 aliphatic rings. The molecular formula is C19H17ClN4O3S. The van der Waals surface area contributed by atoms with Crippen molar-refractivity contribution < 1.29 is 9.72 Å². The second-order valence-electron chi connectivity index (χ2n) is 6.62. The Kier molecular flexibility index (Phi) is 5.25. The summed E-state index contributed by atoms with van der Waals surface area (Å²) in [7, 11) is 0. The number of amides is 1. The zero-order chi connectivity index (χ0) is 19.7. The molecule has 7 nitrogen and oxygen atoms in total. The van der Waals surface area contributed by atoms with Gasteiger partial charge < -0.3 is 5.32 Å². The van der Waals surface area contributed by atoms with E-state index in [9.17, 15) is 14.9 Å². The third kappa shape index (κ3) is 3.84. The number of non-ortho nitro benzene ring substituents is 1. The van der Waals surface area contributed by atoms with E-state index in [1.54, 1.807) is 11.3 Å². The van der Waals surface area contributed by atoms with Gasteiger partial charge >= 0.3 is 0 Å². The maximum absolute atomic E-state index is 12.5. The molecular weight excluding hydrogens is 400 g/mol. The maximum Gasteiger partial charge on any atom is 0.271 e. The molecule has 1 aliphatic heterocycles. The van der Waals surface area contributed by atoms with Crippen LogP contribution in [-0.2, 0) is 4.79 Å². The molecule has 1 N–H and O–H groups in total. The Bertz CT molecular complexity index is 1020. The topological polar surface area (TPSA) is 88.4 Å². The largest absolute Gasteiger partial charge is 0.324 e. The van der Waals surface area contributed by atoms with Crippen molar-refractivity contribution in [1.29, 1.82) is 0 Å². The molecule has 2 aromatic carbocycles. The normalized spacial score (nSPS) is 17.1. The first-order chi connectivity index (χ1) is 13.5. The van der Waals surface area contributed by atoms with Gasteiger partial charge in [-0.3, -0.25) is 19.8 Å². The predicted octanol–water partition coefficient (Wildman–Crippen LogP) is 4.63. The number of para-hydroxylation sites is 1. The van der Waals surface area contributed by atoms with Crippen LogP contribution in [0.3, 0.4) is 0 Å². The van der Waals surface area contributed by atoms with E-state index in [4.69, 9.17) is 16.6 Å². The number of nitrogens with one attached hydrogen (secondary N) is 1. The van der Waals surface area contributed by atoms with Crippen molar-refractivity contribution in [3.05, 3.63) is 62.6 Å². The van der Waals surface area contributed by atoms with E-state index in [2.05, 4.69) is 16.3 Å². The quantitative estimate of drug-likeness (QED) is 0.483. The molecule has 1 atom stereocenters. The summed E-state index contributed by atoms with van der Waals surface area (Å²) in [6.07, 6.45) is 1.97. The first kappa shape index (κ1) is 18.8. The number of hydrogen-bond donors (Lipinski definition) is 1. The van der Waals surface area contributed by atoms with Crippen LogP contribution in [0.5, 0.6) is 0 Å². The molecule has 9 heteroatoms. The van der Waals surface area contributed by atoms with Crippen molar-refractivity contribution in [2.45, 2.75) is 18.9 Å². The van der Waals surface area contributed by atoms with Crippen LogP contribution in [0.15, 0.2) is 42.5 Å². The summed E-state index contributed by atoms with van der Waals surface area (Å²) in [4.78, 5) is 29.7. The van der Waals surface area contributed by atoms with Gasteiger partial charge in [0.15, 0.2) is 0 Å². The summed E-state index contributed by atoms with van der Waals surface area (Å²) in [6, 6.07) is 12.1. The third-order valence-electron chi connectivity index (χ3n) is 4.74. The van der Waals surface area contributed by atoms with Crippen LogP contribution in [0.2, 0.25) is 5.02 Å². The van der Waals surface area contributed by atoms with Crippen molar-refractivity contribution in [2.75, 3.05) is 18.4 Å². The number of fused-ring (bicyclic) bond motifs is 1. The molecule has 1 saturated heterocycles. The van der Waals surface area contributed by atoms with Crippen molar-refractivity contribution in [2.24, 2.45) is 0 Å². The summed E-state index contributed by atoms with van der Waals surface area (Å²) in [5.74, 6) is -0.205.